The second-order valence-corrected chi connectivity index (χ2v) is 6.97. The first-order valence-electron chi connectivity index (χ1n) is 8.27. The summed E-state index contributed by atoms with van der Waals surface area (Å²) in [7, 11) is 0. The fraction of sp³-hybridized carbons (Fsp3) is 0.938. The molecule has 0 radical (unpaired) electrons. The summed E-state index contributed by atoms with van der Waals surface area (Å²) in [5.41, 5.74) is 5.88. The van der Waals surface area contributed by atoms with Gasteiger partial charge in [0.05, 0.1) is 0 Å². The van der Waals surface area contributed by atoms with Crippen molar-refractivity contribution in [3.05, 3.63) is 0 Å². The number of nitrogens with two attached hydrogens (primary N) is 1. The normalized spacial score (nSPS) is 38.5. The first-order valence-corrected chi connectivity index (χ1v) is 8.27. The fourth-order valence-electron chi connectivity index (χ4n) is 4.72. The van der Waals surface area contributed by atoms with Gasteiger partial charge in [-0.3, -0.25) is 4.79 Å². The lowest BCUT2D eigenvalue weighted by atomic mass is 9.86. The average molecular weight is 264 g/mol. The van der Waals surface area contributed by atoms with E-state index in [0.717, 1.165) is 31.2 Å². The summed E-state index contributed by atoms with van der Waals surface area (Å²) in [4.78, 5) is 14.7. The van der Waals surface area contributed by atoms with Crippen molar-refractivity contribution in [2.24, 2.45) is 23.5 Å². The van der Waals surface area contributed by atoms with Crippen LogP contribution in [-0.4, -0.2) is 29.9 Å². The van der Waals surface area contributed by atoms with Crippen LogP contribution in [0, 0.1) is 17.8 Å². The molecule has 4 unspecified atom stereocenters. The minimum Gasteiger partial charge on any atom is -0.338 e. The Balaban J connectivity index is 1.59. The molecule has 0 aromatic rings. The van der Waals surface area contributed by atoms with Gasteiger partial charge < -0.3 is 10.6 Å². The maximum atomic E-state index is 12.6. The van der Waals surface area contributed by atoms with Crippen molar-refractivity contribution in [3.63, 3.8) is 0 Å². The van der Waals surface area contributed by atoms with Gasteiger partial charge in [-0.2, -0.15) is 0 Å². The highest BCUT2D eigenvalue weighted by atomic mass is 16.2. The summed E-state index contributed by atoms with van der Waals surface area (Å²) in [6.07, 6.45) is 11.1. The third-order valence-electron chi connectivity index (χ3n) is 5.79. The van der Waals surface area contributed by atoms with E-state index in [1.165, 1.54) is 44.9 Å². The van der Waals surface area contributed by atoms with Gasteiger partial charge in [-0.25, -0.2) is 0 Å². The standard InChI is InChI=1S/C16H28N2O/c17-11-15-4-2-1-3-7-18(15)16(19)10-14-9-12-5-6-13(14)8-12/h12-15H,1-11,17H2. The van der Waals surface area contributed by atoms with Gasteiger partial charge in [0.2, 0.25) is 5.91 Å². The van der Waals surface area contributed by atoms with E-state index in [-0.39, 0.29) is 0 Å². The van der Waals surface area contributed by atoms with Gasteiger partial charge in [-0.15, -0.1) is 0 Å². The highest BCUT2D eigenvalue weighted by Gasteiger charge is 2.41. The van der Waals surface area contributed by atoms with E-state index in [1.807, 2.05) is 0 Å². The number of carbonyl (C=O) groups is 1. The average Bonchev–Trinajstić information content (AvgIpc) is 2.93. The Morgan fingerprint density at radius 1 is 1.11 bits per heavy atom. The van der Waals surface area contributed by atoms with Crippen LogP contribution in [0.2, 0.25) is 0 Å². The van der Waals surface area contributed by atoms with Gasteiger partial charge in [0.15, 0.2) is 0 Å². The molecule has 0 spiro atoms. The zero-order chi connectivity index (χ0) is 13.2. The lowest BCUT2D eigenvalue weighted by Gasteiger charge is -2.31. The molecule has 2 N–H and O–H groups in total. The smallest absolute Gasteiger partial charge is 0.223 e. The van der Waals surface area contributed by atoms with Gasteiger partial charge in [-0.1, -0.05) is 19.3 Å². The second kappa shape index (κ2) is 5.82. The van der Waals surface area contributed by atoms with E-state index in [4.69, 9.17) is 5.73 Å². The minimum absolute atomic E-state index is 0.314. The SMILES string of the molecule is NCC1CCCCCN1C(=O)CC1CC2CCC1C2. The van der Waals surface area contributed by atoms with Crippen molar-refractivity contribution in [2.75, 3.05) is 13.1 Å². The lowest BCUT2D eigenvalue weighted by Crippen LogP contribution is -2.44. The highest BCUT2D eigenvalue weighted by molar-refractivity contribution is 5.77. The van der Waals surface area contributed by atoms with E-state index in [1.54, 1.807) is 0 Å². The number of rotatable bonds is 3. The van der Waals surface area contributed by atoms with Crippen LogP contribution < -0.4 is 5.73 Å². The third kappa shape index (κ3) is 2.81. The molecule has 3 fully saturated rings. The molecule has 3 rings (SSSR count). The molecule has 4 atom stereocenters. The molecule has 2 bridgehead atoms. The molecule has 1 aliphatic heterocycles. The van der Waals surface area contributed by atoms with Crippen molar-refractivity contribution in [1.82, 2.24) is 4.90 Å². The van der Waals surface area contributed by atoms with E-state index in [9.17, 15) is 4.79 Å². The number of nitrogens with zero attached hydrogens (tertiary/aromatic N) is 1. The number of amides is 1. The Hall–Kier alpha value is -0.570. The molecular weight excluding hydrogens is 236 g/mol. The zero-order valence-corrected chi connectivity index (χ0v) is 12.0. The molecule has 2 aliphatic carbocycles. The van der Waals surface area contributed by atoms with Crippen LogP contribution in [0.1, 0.15) is 57.8 Å². The van der Waals surface area contributed by atoms with Crippen LogP contribution in [0.3, 0.4) is 0 Å². The zero-order valence-electron chi connectivity index (χ0n) is 12.0. The van der Waals surface area contributed by atoms with E-state index in [2.05, 4.69) is 4.90 Å². The van der Waals surface area contributed by atoms with E-state index < -0.39 is 0 Å². The van der Waals surface area contributed by atoms with Crippen molar-refractivity contribution < 1.29 is 4.79 Å². The Morgan fingerprint density at radius 2 is 2.00 bits per heavy atom. The molecule has 2 saturated carbocycles. The fourth-order valence-corrected chi connectivity index (χ4v) is 4.72. The van der Waals surface area contributed by atoms with Gasteiger partial charge in [0, 0.05) is 25.6 Å². The number of likely N-dealkylation sites (tertiary alicyclic amines) is 1. The maximum Gasteiger partial charge on any atom is 0.223 e. The highest BCUT2D eigenvalue weighted by Crippen LogP contribution is 2.49. The van der Waals surface area contributed by atoms with E-state index in [0.29, 0.717) is 24.4 Å². The largest absolute Gasteiger partial charge is 0.338 e. The summed E-state index contributed by atoms with van der Waals surface area (Å²) in [6.45, 7) is 1.59. The summed E-state index contributed by atoms with van der Waals surface area (Å²) >= 11 is 0. The molecule has 3 aliphatic rings. The Kier molecular flexibility index (Phi) is 4.11. The molecule has 0 aromatic carbocycles. The van der Waals surface area contributed by atoms with Crippen molar-refractivity contribution in [2.45, 2.75) is 63.8 Å². The molecule has 1 saturated heterocycles. The van der Waals surface area contributed by atoms with Crippen LogP contribution in [0.25, 0.3) is 0 Å². The summed E-state index contributed by atoms with van der Waals surface area (Å²) in [5, 5.41) is 0. The monoisotopic (exact) mass is 264 g/mol. The molecule has 3 nitrogen and oxygen atoms in total. The third-order valence-corrected chi connectivity index (χ3v) is 5.79. The van der Waals surface area contributed by atoms with Crippen LogP contribution in [0.15, 0.2) is 0 Å². The lowest BCUT2D eigenvalue weighted by molar-refractivity contribution is -0.134. The topological polar surface area (TPSA) is 46.3 Å². The maximum absolute atomic E-state index is 12.6. The predicted octanol–water partition coefficient (Wildman–Crippen LogP) is 2.54. The van der Waals surface area contributed by atoms with Crippen LogP contribution >= 0.6 is 0 Å². The van der Waals surface area contributed by atoms with Crippen LogP contribution in [0.5, 0.6) is 0 Å². The molecule has 3 heteroatoms. The Labute approximate surface area is 116 Å². The Bertz CT molecular complexity index is 331. The first kappa shape index (κ1) is 13.4. The van der Waals surface area contributed by atoms with Crippen LogP contribution in [0.4, 0.5) is 0 Å². The van der Waals surface area contributed by atoms with Gasteiger partial charge in [0.25, 0.3) is 0 Å². The predicted molar refractivity (Wildman–Crippen MR) is 76.6 cm³/mol. The quantitative estimate of drug-likeness (QED) is 0.851. The number of hydrogen-bond donors (Lipinski definition) is 1. The van der Waals surface area contributed by atoms with Gasteiger partial charge >= 0.3 is 0 Å². The van der Waals surface area contributed by atoms with Crippen molar-refractivity contribution in [3.8, 4) is 0 Å². The summed E-state index contributed by atoms with van der Waals surface area (Å²) in [6, 6.07) is 0.314. The second-order valence-electron chi connectivity index (χ2n) is 6.97. The molecular formula is C16H28N2O. The van der Waals surface area contributed by atoms with Crippen molar-refractivity contribution in [1.29, 1.82) is 0 Å². The molecule has 1 heterocycles. The van der Waals surface area contributed by atoms with Crippen molar-refractivity contribution >= 4 is 5.91 Å². The number of hydrogen-bond acceptors (Lipinski definition) is 2. The summed E-state index contributed by atoms with van der Waals surface area (Å²) in [5.74, 6) is 2.89. The molecule has 108 valence electrons. The minimum atomic E-state index is 0.314. The summed E-state index contributed by atoms with van der Waals surface area (Å²) < 4.78 is 0. The first-order chi connectivity index (χ1) is 9.28. The van der Waals surface area contributed by atoms with Gasteiger partial charge in [0.1, 0.15) is 0 Å². The van der Waals surface area contributed by atoms with Gasteiger partial charge in [-0.05, 0) is 49.9 Å². The Morgan fingerprint density at radius 3 is 2.68 bits per heavy atom. The number of carbonyl (C=O) groups excluding carboxylic acids is 1. The number of fused-ring (bicyclic) bond motifs is 2. The molecule has 19 heavy (non-hydrogen) atoms. The molecule has 0 aromatic heterocycles. The van der Waals surface area contributed by atoms with E-state index >= 15 is 0 Å². The molecule has 1 amide bonds. The van der Waals surface area contributed by atoms with Crippen LogP contribution in [-0.2, 0) is 4.79 Å².